The van der Waals surface area contributed by atoms with E-state index >= 15 is 0 Å². The smallest absolute Gasteiger partial charge is 0.161 e. The first-order valence-electron chi connectivity index (χ1n) is 7.02. The molecule has 0 saturated heterocycles. The van der Waals surface area contributed by atoms with Crippen molar-refractivity contribution in [3.8, 4) is 11.5 Å². The molecule has 3 atom stereocenters. The van der Waals surface area contributed by atoms with Crippen molar-refractivity contribution in [1.29, 1.82) is 0 Å². The summed E-state index contributed by atoms with van der Waals surface area (Å²) in [6.07, 6.45) is 3.86. The van der Waals surface area contributed by atoms with Gasteiger partial charge in [0.15, 0.2) is 11.5 Å². The van der Waals surface area contributed by atoms with Crippen LogP contribution in [0.2, 0.25) is 0 Å². The number of para-hydroxylation sites is 2. The summed E-state index contributed by atoms with van der Waals surface area (Å²) in [6.45, 7) is 6.82. The second kappa shape index (κ2) is 5.64. The summed E-state index contributed by atoms with van der Waals surface area (Å²) in [7, 11) is 0. The summed E-state index contributed by atoms with van der Waals surface area (Å²) in [4.78, 5) is 0. The van der Waals surface area contributed by atoms with Gasteiger partial charge in [0.25, 0.3) is 0 Å². The van der Waals surface area contributed by atoms with Crippen molar-refractivity contribution in [3.63, 3.8) is 0 Å². The van der Waals surface area contributed by atoms with Gasteiger partial charge in [-0.05, 0) is 42.7 Å². The highest BCUT2D eigenvalue weighted by Gasteiger charge is 2.32. The second-order valence-electron chi connectivity index (χ2n) is 5.95. The van der Waals surface area contributed by atoms with Gasteiger partial charge in [0.05, 0.1) is 0 Å². The summed E-state index contributed by atoms with van der Waals surface area (Å²) in [5.74, 6) is 2.82. The fourth-order valence-electron chi connectivity index (χ4n) is 2.97. The monoisotopic (exact) mass is 248 g/mol. The van der Waals surface area contributed by atoms with Gasteiger partial charge in [-0.1, -0.05) is 39.3 Å². The van der Waals surface area contributed by atoms with Crippen LogP contribution in [-0.2, 0) is 0 Å². The lowest BCUT2D eigenvalue weighted by molar-refractivity contribution is 0.0441. The zero-order valence-electron chi connectivity index (χ0n) is 11.6. The first-order chi connectivity index (χ1) is 8.58. The van der Waals surface area contributed by atoms with E-state index in [-0.39, 0.29) is 11.9 Å². The first-order valence-corrected chi connectivity index (χ1v) is 7.02. The summed E-state index contributed by atoms with van der Waals surface area (Å²) < 4.78 is 6.08. The number of aromatic hydroxyl groups is 1. The predicted octanol–water partition coefficient (Wildman–Crippen LogP) is 4.23. The Morgan fingerprint density at radius 1 is 1.22 bits per heavy atom. The van der Waals surface area contributed by atoms with Crippen molar-refractivity contribution in [3.05, 3.63) is 24.3 Å². The molecule has 0 amide bonds. The van der Waals surface area contributed by atoms with E-state index in [1.807, 2.05) is 18.2 Å². The van der Waals surface area contributed by atoms with E-state index in [1.54, 1.807) is 6.07 Å². The largest absolute Gasteiger partial charge is 0.504 e. The fraction of sp³-hybridized carbons (Fsp3) is 0.625. The molecule has 2 heteroatoms. The highest BCUT2D eigenvalue weighted by atomic mass is 16.5. The van der Waals surface area contributed by atoms with Crippen LogP contribution >= 0.6 is 0 Å². The number of rotatable bonds is 3. The predicted molar refractivity (Wildman–Crippen MR) is 73.9 cm³/mol. The van der Waals surface area contributed by atoms with E-state index in [4.69, 9.17) is 4.74 Å². The van der Waals surface area contributed by atoms with Gasteiger partial charge in [0.1, 0.15) is 6.10 Å². The van der Waals surface area contributed by atoms with Crippen molar-refractivity contribution < 1.29 is 9.84 Å². The van der Waals surface area contributed by atoms with Crippen LogP contribution in [0.3, 0.4) is 0 Å². The van der Waals surface area contributed by atoms with E-state index in [0.717, 1.165) is 12.3 Å². The molecule has 100 valence electrons. The summed E-state index contributed by atoms with van der Waals surface area (Å²) >= 11 is 0. The van der Waals surface area contributed by atoms with Crippen LogP contribution in [0, 0.1) is 17.8 Å². The van der Waals surface area contributed by atoms with Crippen LogP contribution < -0.4 is 4.74 Å². The molecular weight excluding hydrogens is 224 g/mol. The second-order valence-corrected chi connectivity index (χ2v) is 5.95. The van der Waals surface area contributed by atoms with Crippen LogP contribution in [0.1, 0.15) is 40.0 Å². The SMILES string of the molecule is CC1CCC(C(C)C)C(Oc2ccccc2O)C1. The number of benzene rings is 1. The molecule has 1 N–H and O–H groups in total. The quantitative estimate of drug-likeness (QED) is 0.867. The van der Waals surface area contributed by atoms with Gasteiger partial charge >= 0.3 is 0 Å². The summed E-state index contributed by atoms with van der Waals surface area (Å²) in [5, 5.41) is 9.81. The van der Waals surface area contributed by atoms with Crippen molar-refractivity contribution in [1.82, 2.24) is 0 Å². The molecule has 2 rings (SSSR count). The van der Waals surface area contributed by atoms with Gasteiger partial charge in [-0.3, -0.25) is 0 Å². The fourth-order valence-corrected chi connectivity index (χ4v) is 2.97. The normalized spacial score (nSPS) is 28.3. The molecule has 1 aromatic carbocycles. The van der Waals surface area contributed by atoms with Crippen LogP contribution in [0.4, 0.5) is 0 Å². The molecule has 0 aromatic heterocycles. The zero-order chi connectivity index (χ0) is 13.1. The molecule has 0 aliphatic heterocycles. The van der Waals surface area contributed by atoms with Crippen LogP contribution in [0.15, 0.2) is 24.3 Å². The molecular formula is C16H24O2. The Morgan fingerprint density at radius 2 is 1.94 bits per heavy atom. The zero-order valence-corrected chi connectivity index (χ0v) is 11.6. The third-order valence-electron chi connectivity index (χ3n) is 4.10. The Bertz CT molecular complexity index is 386. The van der Waals surface area contributed by atoms with E-state index in [1.165, 1.54) is 12.8 Å². The van der Waals surface area contributed by atoms with Gasteiger partial charge in [-0.15, -0.1) is 0 Å². The van der Waals surface area contributed by atoms with Crippen LogP contribution in [0.25, 0.3) is 0 Å². The van der Waals surface area contributed by atoms with Crippen LogP contribution in [-0.4, -0.2) is 11.2 Å². The van der Waals surface area contributed by atoms with E-state index < -0.39 is 0 Å². The van der Waals surface area contributed by atoms with Crippen molar-refractivity contribution in [2.45, 2.75) is 46.1 Å². The Morgan fingerprint density at radius 3 is 2.61 bits per heavy atom. The molecule has 1 aliphatic rings. The van der Waals surface area contributed by atoms with Crippen molar-refractivity contribution in [2.75, 3.05) is 0 Å². The molecule has 0 spiro atoms. The number of hydrogen-bond donors (Lipinski definition) is 1. The van der Waals surface area contributed by atoms with E-state index in [9.17, 15) is 5.11 Å². The van der Waals surface area contributed by atoms with Crippen LogP contribution in [0.5, 0.6) is 11.5 Å². The highest BCUT2D eigenvalue weighted by molar-refractivity contribution is 5.38. The van der Waals surface area contributed by atoms with E-state index in [2.05, 4.69) is 20.8 Å². The topological polar surface area (TPSA) is 29.5 Å². The van der Waals surface area contributed by atoms with Gasteiger partial charge < -0.3 is 9.84 Å². The maximum atomic E-state index is 9.81. The van der Waals surface area contributed by atoms with Crippen molar-refractivity contribution >= 4 is 0 Å². The molecule has 1 aliphatic carbocycles. The highest BCUT2D eigenvalue weighted by Crippen LogP contribution is 2.37. The average molecular weight is 248 g/mol. The molecule has 3 unspecified atom stereocenters. The minimum atomic E-state index is 0.238. The lowest BCUT2D eigenvalue weighted by atomic mass is 9.75. The molecule has 0 radical (unpaired) electrons. The van der Waals surface area contributed by atoms with Crippen molar-refractivity contribution in [2.24, 2.45) is 17.8 Å². The minimum absolute atomic E-state index is 0.238. The third kappa shape index (κ3) is 2.98. The average Bonchev–Trinajstić information content (AvgIpc) is 2.32. The maximum Gasteiger partial charge on any atom is 0.161 e. The summed E-state index contributed by atoms with van der Waals surface area (Å²) in [6, 6.07) is 7.27. The summed E-state index contributed by atoms with van der Waals surface area (Å²) in [5.41, 5.74) is 0. The Balaban J connectivity index is 2.11. The lowest BCUT2D eigenvalue weighted by Crippen LogP contribution is -2.36. The lowest BCUT2D eigenvalue weighted by Gasteiger charge is -2.37. The Kier molecular flexibility index (Phi) is 4.15. The Labute approximate surface area is 110 Å². The number of ether oxygens (including phenoxy) is 1. The molecule has 0 bridgehead atoms. The number of phenols is 1. The molecule has 0 heterocycles. The van der Waals surface area contributed by atoms with E-state index in [0.29, 0.717) is 17.6 Å². The van der Waals surface area contributed by atoms with Gasteiger partial charge in [-0.25, -0.2) is 0 Å². The number of hydrogen-bond acceptors (Lipinski definition) is 2. The van der Waals surface area contributed by atoms with Gasteiger partial charge in [0, 0.05) is 0 Å². The first kappa shape index (κ1) is 13.3. The Hall–Kier alpha value is -1.18. The molecule has 1 aromatic rings. The molecule has 2 nitrogen and oxygen atoms in total. The minimum Gasteiger partial charge on any atom is -0.504 e. The molecule has 18 heavy (non-hydrogen) atoms. The van der Waals surface area contributed by atoms with Gasteiger partial charge in [0.2, 0.25) is 0 Å². The number of phenolic OH excluding ortho intramolecular Hbond substituents is 1. The maximum absolute atomic E-state index is 9.81. The standard InChI is InChI=1S/C16H24O2/c1-11(2)13-9-8-12(3)10-16(13)18-15-7-5-4-6-14(15)17/h4-7,11-13,16-17H,8-10H2,1-3H3. The molecule has 1 fully saturated rings. The van der Waals surface area contributed by atoms with Gasteiger partial charge in [-0.2, -0.15) is 0 Å². The molecule has 1 saturated carbocycles. The third-order valence-corrected chi connectivity index (χ3v) is 4.10.